The minimum atomic E-state index is -0.181. The highest BCUT2D eigenvalue weighted by Crippen LogP contribution is 2.25. The molecule has 2 amide bonds. The Bertz CT molecular complexity index is 647. The second-order valence-corrected chi connectivity index (χ2v) is 7.56. The standard InChI is InChI=1S/C17H25N5OS/c1-13(12-22-9-7-21(2)8-10-22)11-18-16(23)20-17-19-14-5-3-4-6-15(14)24-17/h3-6,13H,7-12H2,1-2H3,(H2,18,19,20,23). The number of urea groups is 1. The molecular weight excluding hydrogens is 322 g/mol. The second-order valence-electron chi connectivity index (χ2n) is 6.53. The Hall–Kier alpha value is -1.70. The summed E-state index contributed by atoms with van der Waals surface area (Å²) in [5.74, 6) is 0.425. The van der Waals surface area contributed by atoms with Crippen molar-refractivity contribution in [3.8, 4) is 0 Å². The lowest BCUT2D eigenvalue weighted by atomic mass is 10.1. The zero-order chi connectivity index (χ0) is 16.9. The molecule has 2 aromatic rings. The minimum Gasteiger partial charge on any atom is -0.337 e. The van der Waals surface area contributed by atoms with Gasteiger partial charge < -0.3 is 15.1 Å². The molecule has 0 aliphatic carbocycles. The first-order chi connectivity index (χ1) is 11.6. The van der Waals surface area contributed by atoms with Gasteiger partial charge >= 0.3 is 6.03 Å². The van der Waals surface area contributed by atoms with Gasteiger partial charge in [0.1, 0.15) is 0 Å². The molecule has 2 N–H and O–H groups in total. The number of rotatable bonds is 5. The van der Waals surface area contributed by atoms with Crippen LogP contribution in [0, 0.1) is 5.92 Å². The van der Waals surface area contributed by atoms with Gasteiger partial charge in [-0.1, -0.05) is 30.4 Å². The maximum atomic E-state index is 12.1. The van der Waals surface area contributed by atoms with Gasteiger partial charge in [-0.2, -0.15) is 0 Å². The highest BCUT2D eigenvalue weighted by molar-refractivity contribution is 7.22. The zero-order valence-electron chi connectivity index (χ0n) is 14.3. The van der Waals surface area contributed by atoms with Crippen LogP contribution in [0.5, 0.6) is 0 Å². The van der Waals surface area contributed by atoms with Crippen LogP contribution >= 0.6 is 11.3 Å². The van der Waals surface area contributed by atoms with Gasteiger partial charge in [-0.25, -0.2) is 9.78 Å². The van der Waals surface area contributed by atoms with Crippen LogP contribution in [-0.2, 0) is 0 Å². The number of nitrogens with one attached hydrogen (secondary N) is 2. The van der Waals surface area contributed by atoms with Gasteiger partial charge in [0, 0.05) is 39.3 Å². The zero-order valence-corrected chi connectivity index (χ0v) is 15.1. The first-order valence-electron chi connectivity index (χ1n) is 8.41. The molecule has 0 radical (unpaired) electrons. The Morgan fingerprint density at radius 3 is 2.79 bits per heavy atom. The number of hydrogen-bond acceptors (Lipinski definition) is 5. The third-order valence-electron chi connectivity index (χ3n) is 4.29. The number of thiazole rings is 1. The molecule has 0 saturated carbocycles. The van der Waals surface area contributed by atoms with E-state index in [0.717, 1.165) is 42.9 Å². The van der Waals surface area contributed by atoms with E-state index in [9.17, 15) is 4.79 Å². The average molecular weight is 347 g/mol. The third kappa shape index (κ3) is 4.66. The van der Waals surface area contributed by atoms with Crippen LogP contribution in [0.15, 0.2) is 24.3 Å². The molecule has 0 bridgehead atoms. The van der Waals surface area contributed by atoms with Crippen LogP contribution in [0.25, 0.3) is 10.2 Å². The van der Waals surface area contributed by atoms with Crippen molar-refractivity contribution in [3.05, 3.63) is 24.3 Å². The van der Waals surface area contributed by atoms with Gasteiger partial charge in [-0.3, -0.25) is 5.32 Å². The van der Waals surface area contributed by atoms with E-state index in [2.05, 4.69) is 39.4 Å². The number of piperazine rings is 1. The maximum absolute atomic E-state index is 12.1. The molecule has 2 heterocycles. The molecule has 1 atom stereocenters. The number of likely N-dealkylation sites (N-methyl/N-ethyl adjacent to an activating group) is 1. The largest absolute Gasteiger partial charge is 0.337 e. The number of benzene rings is 1. The number of aromatic nitrogens is 1. The molecule has 1 aromatic heterocycles. The Morgan fingerprint density at radius 2 is 2.04 bits per heavy atom. The number of amides is 2. The highest BCUT2D eigenvalue weighted by Gasteiger charge is 2.16. The predicted molar refractivity (Wildman–Crippen MR) is 99.7 cm³/mol. The first-order valence-corrected chi connectivity index (χ1v) is 9.23. The van der Waals surface area contributed by atoms with Crippen LogP contribution in [-0.4, -0.2) is 67.1 Å². The SMILES string of the molecule is CC(CNC(=O)Nc1nc2ccccc2s1)CN1CCN(C)CC1. The fourth-order valence-corrected chi connectivity index (χ4v) is 3.73. The molecule has 6 nitrogen and oxygen atoms in total. The highest BCUT2D eigenvalue weighted by atomic mass is 32.1. The van der Waals surface area contributed by atoms with Gasteiger partial charge in [-0.15, -0.1) is 0 Å². The van der Waals surface area contributed by atoms with Crippen LogP contribution in [0.2, 0.25) is 0 Å². The summed E-state index contributed by atoms with van der Waals surface area (Å²) in [6.45, 7) is 8.34. The van der Waals surface area contributed by atoms with E-state index in [1.807, 2.05) is 24.3 Å². The molecule has 1 saturated heterocycles. The number of hydrogen-bond donors (Lipinski definition) is 2. The lowest BCUT2D eigenvalue weighted by molar-refractivity contribution is 0.138. The molecule has 1 unspecified atom stereocenters. The fourth-order valence-electron chi connectivity index (χ4n) is 2.87. The van der Waals surface area contributed by atoms with Crippen molar-refractivity contribution in [2.45, 2.75) is 6.92 Å². The van der Waals surface area contributed by atoms with Gasteiger partial charge in [0.05, 0.1) is 10.2 Å². The number of nitrogens with zero attached hydrogens (tertiary/aromatic N) is 3. The number of carbonyl (C=O) groups is 1. The number of para-hydroxylation sites is 1. The Morgan fingerprint density at radius 1 is 1.29 bits per heavy atom. The van der Waals surface area contributed by atoms with E-state index in [1.54, 1.807) is 0 Å². The van der Waals surface area contributed by atoms with E-state index in [1.165, 1.54) is 11.3 Å². The quantitative estimate of drug-likeness (QED) is 0.871. The first kappa shape index (κ1) is 17.1. The van der Waals surface area contributed by atoms with E-state index >= 15 is 0 Å². The van der Waals surface area contributed by atoms with Crippen LogP contribution < -0.4 is 10.6 Å². The fraction of sp³-hybridized carbons (Fsp3) is 0.529. The Labute approximate surface area is 146 Å². The molecule has 3 rings (SSSR count). The van der Waals surface area contributed by atoms with Gasteiger partial charge in [-0.05, 0) is 25.1 Å². The van der Waals surface area contributed by atoms with Crippen molar-refractivity contribution >= 4 is 32.7 Å². The predicted octanol–water partition coefficient (Wildman–Crippen LogP) is 2.30. The Balaban J connectivity index is 1.41. The molecular formula is C17H25N5OS. The molecule has 130 valence electrons. The summed E-state index contributed by atoms with van der Waals surface area (Å²) < 4.78 is 1.08. The molecule has 1 fully saturated rings. The van der Waals surface area contributed by atoms with E-state index < -0.39 is 0 Å². The molecule has 7 heteroatoms. The molecule has 1 aliphatic heterocycles. The van der Waals surface area contributed by atoms with Crippen molar-refractivity contribution in [1.82, 2.24) is 20.1 Å². The summed E-state index contributed by atoms with van der Waals surface area (Å²) in [6.07, 6.45) is 0. The molecule has 1 aliphatic rings. The minimum absolute atomic E-state index is 0.181. The summed E-state index contributed by atoms with van der Waals surface area (Å²) in [5.41, 5.74) is 0.918. The van der Waals surface area contributed by atoms with E-state index in [-0.39, 0.29) is 6.03 Å². The van der Waals surface area contributed by atoms with Crippen molar-refractivity contribution in [2.24, 2.45) is 5.92 Å². The van der Waals surface area contributed by atoms with Crippen molar-refractivity contribution in [2.75, 3.05) is 51.6 Å². The monoisotopic (exact) mass is 347 g/mol. The molecule has 1 aromatic carbocycles. The summed E-state index contributed by atoms with van der Waals surface area (Å²) in [4.78, 5) is 21.3. The summed E-state index contributed by atoms with van der Waals surface area (Å²) in [7, 11) is 2.16. The molecule has 24 heavy (non-hydrogen) atoms. The average Bonchev–Trinajstić information content (AvgIpc) is 2.97. The lowest BCUT2D eigenvalue weighted by Crippen LogP contribution is -2.47. The second kappa shape index (κ2) is 7.92. The van der Waals surface area contributed by atoms with Crippen LogP contribution in [0.3, 0.4) is 0 Å². The van der Waals surface area contributed by atoms with Gasteiger partial charge in [0.15, 0.2) is 5.13 Å². The van der Waals surface area contributed by atoms with E-state index in [0.29, 0.717) is 17.6 Å². The molecule has 0 spiro atoms. The summed E-state index contributed by atoms with van der Waals surface area (Å²) in [6, 6.07) is 7.71. The third-order valence-corrected chi connectivity index (χ3v) is 5.24. The van der Waals surface area contributed by atoms with Crippen molar-refractivity contribution in [1.29, 1.82) is 0 Å². The maximum Gasteiger partial charge on any atom is 0.321 e. The van der Waals surface area contributed by atoms with Gasteiger partial charge in [0.2, 0.25) is 0 Å². The lowest BCUT2D eigenvalue weighted by Gasteiger charge is -2.33. The summed E-state index contributed by atoms with van der Waals surface area (Å²) in [5, 5.41) is 6.43. The normalized spacial score (nSPS) is 17.8. The van der Waals surface area contributed by atoms with Crippen molar-refractivity contribution < 1.29 is 4.79 Å². The topological polar surface area (TPSA) is 60.5 Å². The Kier molecular flexibility index (Phi) is 5.65. The van der Waals surface area contributed by atoms with Crippen molar-refractivity contribution in [3.63, 3.8) is 0 Å². The van der Waals surface area contributed by atoms with Crippen LogP contribution in [0.1, 0.15) is 6.92 Å². The number of anilines is 1. The number of carbonyl (C=O) groups excluding carboxylic acids is 1. The van der Waals surface area contributed by atoms with Gasteiger partial charge in [0.25, 0.3) is 0 Å². The smallest absolute Gasteiger partial charge is 0.321 e. The summed E-state index contributed by atoms with van der Waals surface area (Å²) >= 11 is 1.49. The number of fused-ring (bicyclic) bond motifs is 1. The van der Waals surface area contributed by atoms with Crippen LogP contribution in [0.4, 0.5) is 9.93 Å². The van der Waals surface area contributed by atoms with E-state index in [4.69, 9.17) is 0 Å².